The molecule has 0 radical (unpaired) electrons. The molecule has 1 atom stereocenters. The van der Waals surface area contributed by atoms with Gasteiger partial charge in [0, 0.05) is 12.5 Å². The first-order valence-corrected chi connectivity index (χ1v) is 5.00. The van der Waals surface area contributed by atoms with Crippen LogP contribution in [0.1, 0.15) is 44.0 Å². The SMILES string of the molecule is CC(C)c1c(O)nc(C(C)CN)[nH]c1=O. The Morgan fingerprint density at radius 1 is 1.47 bits per heavy atom. The van der Waals surface area contributed by atoms with Gasteiger partial charge in [-0.1, -0.05) is 20.8 Å². The number of hydrogen-bond acceptors (Lipinski definition) is 4. The molecule has 0 bridgehead atoms. The second-order valence-electron chi connectivity index (χ2n) is 3.98. The Morgan fingerprint density at radius 2 is 2.07 bits per heavy atom. The molecule has 5 heteroatoms. The van der Waals surface area contributed by atoms with Gasteiger partial charge < -0.3 is 15.8 Å². The molecule has 1 aromatic heterocycles. The molecule has 0 aromatic carbocycles. The third kappa shape index (κ3) is 2.36. The van der Waals surface area contributed by atoms with E-state index < -0.39 is 0 Å². The van der Waals surface area contributed by atoms with Crippen molar-refractivity contribution < 1.29 is 5.11 Å². The fraction of sp³-hybridized carbons (Fsp3) is 0.600. The molecule has 1 heterocycles. The standard InChI is InChI=1S/C10H17N3O2/c1-5(2)7-9(14)12-8(6(3)4-11)13-10(7)15/h5-6H,4,11H2,1-3H3,(H2,12,13,14,15). The molecular weight excluding hydrogens is 194 g/mol. The van der Waals surface area contributed by atoms with E-state index in [-0.39, 0.29) is 23.3 Å². The van der Waals surface area contributed by atoms with Crippen molar-refractivity contribution in [3.05, 3.63) is 21.7 Å². The molecule has 1 unspecified atom stereocenters. The van der Waals surface area contributed by atoms with Gasteiger partial charge >= 0.3 is 0 Å². The molecule has 1 rings (SSSR count). The number of H-pyrrole nitrogens is 1. The number of rotatable bonds is 3. The summed E-state index contributed by atoms with van der Waals surface area (Å²) < 4.78 is 0. The molecule has 5 nitrogen and oxygen atoms in total. The van der Waals surface area contributed by atoms with Crippen LogP contribution in [0.2, 0.25) is 0 Å². The van der Waals surface area contributed by atoms with Crippen LogP contribution in [-0.2, 0) is 0 Å². The summed E-state index contributed by atoms with van der Waals surface area (Å²) in [7, 11) is 0. The van der Waals surface area contributed by atoms with Crippen LogP contribution in [0.15, 0.2) is 4.79 Å². The zero-order chi connectivity index (χ0) is 11.6. The van der Waals surface area contributed by atoms with Gasteiger partial charge in [0.25, 0.3) is 5.56 Å². The summed E-state index contributed by atoms with van der Waals surface area (Å²) in [5, 5.41) is 9.62. The van der Waals surface area contributed by atoms with Gasteiger partial charge in [0.2, 0.25) is 5.88 Å². The van der Waals surface area contributed by atoms with Crippen LogP contribution >= 0.6 is 0 Å². The molecule has 0 fully saturated rings. The molecule has 4 N–H and O–H groups in total. The number of nitrogens with two attached hydrogens (primary N) is 1. The number of nitrogens with zero attached hydrogens (tertiary/aromatic N) is 1. The molecule has 0 aliphatic carbocycles. The lowest BCUT2D eigenvalue weighted by atomic mass is 10.1. The first-order valence-electron chi connectivity index (χ1n) is 5.00. The first-order chi connectivity index (χ1) is 6.97. The Bertz CT molecular complexity index is 398. The Labute approximate surface area is 88.4 Å². The van der Waals surface area contributed by atoms with Gasteiger partial charge in [-0.15, -0.1) is 0 Å². The lowest BCUT2D eigenvalue weighted by Gasteiger charge is -2.11. The summed E-state index contributed by atoms with van der Waals surface area (Å²) in [5.41, 5.74) is 5.50. The monoisotopic (exact) mass is 211 g/mol. The summed E-state index contributed by atoms with van der Waals surface area (Å²) in [6.07, 6.45) is 0. The van der Waals surface area contributed by atoms with Gasteiger partial charge in [0.1, 0.15) is 5.82 Å². The molecule has 0 aliphatic heterocycles. The van der Waals surface area contributed by atoms with Crippen LogP contribution < -0.4 is 11.3 Å². The van der Waals surface area contributed by atoms with E-state index in [1.165, 1.54) is 0 Å². The van der Waals surface area contributed by atoms with E-state index in [0.29, 0.717) is 17.9 Å². The number of aromatic nitrogens is 2. The minimum absolute atomic E-state index is 0.0523. The summed E-state index contributed by atoms with van der Waals surface area (Å²) in [6, 6.07) is 0. The van der Waals surface area contributed by atoms with E-state index in [4.69, 9.17) is 5.73 Å². The Balaban J connectivity index is 3.26. The highest BCUT2D eigenvalue weighted by Gasteiger charge is 2.16. The van der Waals surface area contributed by atoms with Crippen LogP contribution in [0.3, 0.4) is 0 Å². The predicted octanol–water partition coefficient (Wildman–Crippen LogP) is 0.661. The first kappa shape index (κ1) is 11.7. The number of aromatic hydroxyl groups is 1. The second kappa shape index (κ2) is 4.44. The highest BCUT2D eigenvalue weighted by molar-refractivity contribution is 5.26. The van der Waals surface area contributed by atoms with E-state index in [1.807, 2.05) is 20.8 Å². The van der Waals surface area contributed by atoms with Crippen molar-refractivity contribution in [3.8, 4) is 5.88 Å². The van der Waals surface area contributed by atoms with Crippen molar-refractivity contribution in [2.75, 3.05) is 6.54 Å². The smallest absolute Gasteiger partial charge is 0.258 e. The maximum absolute atomic E-state index is 11.6. The van der Waals surface area contributed by atoms with Crippen molar-refractivity contribution >= 4 is 0 Å². The third-order valence-corrected chi connectivity index (χ3v) is 2.35. The number of aromatic amines is 1. The fourth-order valence-corrected chi connectivity index (χ4v) is 1.35. The minimum Gasteiger partial charge on any atom is -0.493 e. The van der Waals surface area contributed by atoms with Gasteiger partial charge in [-0.2, -0.15) is 4.98 Å². The van der Waals surface area contributed by atoms with E-state index in [2.05, 4.69) is 9.97 Å². The molecule has 0 saturated heterocycles. The van der Waals surface area contributed by atoms with Crippen molar-refractivity contribution in [1.29, 1.82) is 0 Å². The highest BCUT2D eigenvalue weighted by atomic mass is 16.3. The van der Waals surface area contributed by atoms with Crippen LogP contribution in [-0.4, -0.2) is 21.6 Å². The number of nitrogens with one attached hydrogen (secondary N) is 1. The lowest BCUT2D eigenvalue weighted by molar-refractivity contribution is 0.433. The lowest BCUT2D eigenvalue weighted by Crippen LogP contribution is -2.21. The molecule has 0 spiro atoms. The highest BCUT2D eigenvalue weighted by Crippen LogP contribution is 2.20. The van der Waals surface area contributed by atoms with Crippen molar-refractivity contribution in [1.82, 2.24) is 9.97 Å². The van der Waals surface area contributed by atoms with E-state index >= 15 is 0 Å². The van der Waals surface area contributed by atoms with Crippen molar-refractivity contribution in [3.63, 3.8) is 0 Å². The average molecular weight is 211 g/mol. The summed E-state index contributed by atoms with van der Waals surface area (Å²) >= 11 is 0. The van der Waals surface area contributed by atoms with Crippen LogP contribution in [0, 0.1) is 0 Å². The van der Waals surface area contributed by atoms with Gasteiger partial charge in [0.05, 0.1) is 5.56 Å². The average Bonchev–Trinajstić information content (AvgIpc) is 2.14. The molecule has 0 amide bonds. The molecule has 84 valence electrons. The summed E-state index contributed by atoms with van der Waals surface area (Å²) in [5.74, 6) is 0.127. The Morgan fingerprint density at radius 3 is 2.47 bits per heavy atom. The summed E-state index contributed by atoms with van der Waals surface area (Å²) in [6.45, 7) is 5.88. The zero-order valence-electron chi connectivity index (χ0n) is 9.24. The van der Waals surface area contributed by atoms with Crippen LogP contribution in [0.4, 0.5) is 0 Å². The van der Waals surface area contributed by atoms with E-state index in [9.17, 15) is 9.90 Å². The van der Waals surface area contributed by atoms with E-state index in [1.54, 1.807) is 0 Å². The molecule has 1 aromatic rings. The predicted molar refractivity (Wildman–Crippen MR) is 58.1 cm³/mol. The largest absolute Gasteiger partial charge is 0.493 e. The quantitative estimate of drug-likeness (QED) is 0.684. The van der Waals surface area contributed by atoms with Gasteiger partial charge in [-0.3, -0.25) is 4.79 Å². The second-order valence-corrected chi connectivity index (χ2v) is 3.98. The van der Waals surface area contributed by atoms with Crippen molar-refractivity contribution in [2.45, 2.75) is 32.6 Å². The summed E-state index contributed by atoms with van der Waals surface area (Å²) in [4.78, 5) is 18.2. The normalized spacial score (nSPS) is 13.1. The maximum Gasteiger partial charge on any atom is 0.258 e. The molecule has 0 aliphatic rings. The van der Waals surface area contributed by atoms with Crippen molar-refractivity contribution in [2.24, 2.45) is 5.73 Å². The fourth-order valence-electron chi connectivity index (χ4n) is 1.35. The van der Waals surface area contributed by atoms with Gasteiger partial charge in [0.15, 0.2) is 0 Å². The topological polar surface area (TPSA) is 92.0 Å². The van der Waals surface area contributed by atoms with Gasteiger partial charge in [-0.05, 0) is 5.92 Å². The molecule has 15 heavy (non-hydrogen) atoms. The zero-order valence-corrected chi connectivity index (χ0v) is 9.24. The Hall–Kier alpha value is -1.36. The minimum atomic E-state index is -0.284. The van der Waals surface area contributed by atoms with E-state index in [0.717, 1.165) is 0 Å². The third-order valence-electron chi connectivity index (χ3n) is 2.35. The Kier molecular flexibility index (Phi) is 3.47. The van der Waals surface area contributed by atoms with Crippen LogP contribution in [0.25, 0.3) is 0 Å². The maximum atomic E-state index is 11.6. The van der Waals surface area contributed by atoms with Crippen LogP contribution in [0.5, 0.6) is 5.88 Å². The van der Waals surface area contributed by atoms with Gasteiger partial charge in [-0.25, -0.2) is 0 Å². The molecule has 0 saturated carbocycles. The number of hydrogen-bond donors (Lipinski definition) is 3. The molecular formula is C10H17N3O2.